The van der Waals surface area contributed by atoms with E-state index in [2.05, 4.69) is 36.3 Å². The maximum absolute atomic E-state index is 13.2. The molecule has 2 bridgehead atoms. The van der Waals surface area contributed by atoms with E-state index >= 15 is 0 Å². The molecular weight excluding hydrogens is 286 g/mol. The van der Waals surface area contributed by atoms with Crippen molar-refractivity contribution in [3.63, 3.8) is 0 Å². The number of hydrogen-bond acceptors (Lipinski definition) is 3. The van der Waals surface area contributed by atoms with E-state index in [9.17, 15) is 4.79 Å². The number of carbonyl (C=O) groups is 1. The van der Waals surface area contributed by atoms with Gasteiger partial charge in [-0.2, -0.15) is 0 Å². The minimum Gasteiger partial charge on any atom is -0.336 e. The average Bonchev–Trinajstić information content (AvgIpc) is 2.85. The molecule has 0 spiro atoms. The van der Waals surface area contributed by atoms with E-state index in [4.69, 9.17) is 0 Å². The molecule has 120 valence electrons. The monoisotopic (exact) mass is 309 g/mol. The topological polar surface area (TPSA) is 45.2 Å². The Labute approximate surface area is 136 Å². The molecule has 2 atom stereocenters. The van der Waals surface area contributed by atoms with Crippen LogP contribution < -0.4 is 5.32 Å². The lowest BCUT2D eigenvalue weighted by atomic mass is 10.0. The quantitative estimate of drug-likeness (QED) is 0.881. The summed E-state index contributed by atoms with van der Waals surface area (Å²) in [5, 5.41) is 4.58. The fourth-order valence-corrected chi connectivity index (χ4v) is 4.12. The number of piperazine rings is 1. The molecule has 1 aromatic heterocycles. The van der Waals surface area contributed by atoms with Gasteiger partial charge in [-0.05, 0) is 51.3 Å². The number of hydrogen-bond donors (Lipinski definition) is 1. The first-order valence-electron chi connectivity index (χ1n) is 8.45. The van der Waals surface area contributed by atoms with Gasteiger partial charge in [0.05, 0.1) is 11.1 Å². The summed E-state index contributed by atoms with van der Waals surface area (Å²) in [5.41, 5.74) is 4.98. The summed E-state index contributed by atoms with van der Waals surface area (Å²) in [6, 6.07) is 7.12. The second-order valence-corrected chi connectivity index (χ2v) is 7.14. The summed E-state index contributed by atoms with van der Waals surface area (Å²) in [4.78, 5) is 19.9. The Morgan fingerprint density at radius 1 is 1.13 bits per heavy atom. The Balaban J connectivity index is 1.80. The molecule has 2 aromatic rings. The smallest absolute Gasteiger partial charge is 0.254 e. The number of nitrogens with one attached hydrogen (secondary N) is 1. The number of aromatic nitrogens is 1. The van der Waals surface area contributed by atoms with E-state index in [1.807, 2.05) is 17.9 Å². The number of aryl methyl sites for hydroxylation is 3. The first-order chi connectivity index (χ1) is 11.0. The zero-order chi connectivity index (χ0) is 16.1. The van der Waals surface area contributed by atoms with Crippen LogP contribution in [0.2, 0.25) is 0 Å². The number of likely N-dealkylation sites (tertiary alicyclic amines) is 1. The normalized spacial score (nSPS) is 23.5. The molecule has 23 heavy (non-hydrogen) atoms. The predicted molar refractivity (Wildman–Crippen MR) is 91.8 cm³/mol. The molecule has 1 aromatic carbocycles. The van der Waals surface area contributed by atoms with Crippen molar-refractivity contribution in [2.24, 2.45) is 0 Å². The average molecular weight is 309 g/mol. The van der Waals surface area contributed by atoms with E-state index in [-0.39, 0.29) is 5.91 Å². The fourth-order valence-electron chi connectivity index (χ4n) is 4.12. The summed E-state index contributed by atoms with van der Waals surface area (Å²) >= 11 is 0. The van der Waals surface area contributed by atoms with Crippen LogP contribution in [0, 0.1) is 20.8 Å². The second kappa shape index (κ2) is 5.31. The van der Waals surface area contributed by atoms with Crippen molar-refractivity contribution in [3.8, 4) is 0 Å². The molecule has 2 fully saturated rings. The van der Waals surface area contributed by atoms with E-state index in [1.54, 1.807) is 0 Å². The molecule has 2 aliphatic rings. The SMILES string of the molecule is Cc1cc(C)c2nc(C)cc(C(=O)N3C[C@H]4CC[C@@H](C3)N4)c2c1. The molecule has 0 radical (unpaired) electrons. The molecule has 0 saturated carbocycles. The number of amides is 1. The van der Waals surface area contributed by atoms with Crippen LogP contribution in [-0.4, -0.2) is 41.0 Å². The van der Waals surface area contributed by atoms with E-state index < -0.39 is 0 Å². The summed E-state index contributed by atoms with van der Waals surface area (Å²) in [6.07, 6.45) is 2.37. The number of benzene rings is 1. The van der Waals surface area contributed by atoms with Gasteiger partial charge in [-0.25, -0.2) is 0 Å². The summed E-state index contributed by atoms with van der Waals surface area (Å²) in [7, 11) is 0. The lowest BCUT2D eigenvalue weighted by Crippen LogP contribution is -2.53. The van der Waals surface area contributed by atoms with E-state index in [0.717, 1.165) is 40.8 Å². The molecular formula is C19H23N3O. The molecule has 4 nitrogen and oxygen atoms in total. The van der Waals surface area contributed by atoms with Gasteiger partial charge in [0.1, 0.15) is 0 Å². The highest BCUT2D eigenvalue weighted by Gasteiger charge is 2.35. The Morgan fingerprint density at radius 3 is 2.52 bits per heavy atom. The Bertz CT molecular complexity index is 787. The fraction of sp³-hybridized carbons (Fsp3) is 0.474. The number of pyridine rings is 1. The third-order valence-corrected chi connectivity index (χ3v) is 5.11. The number of rotatable bonds is 1. The largest absolute Gasteiger partial charge is 0.336 e. The summed E-state index contributed by atoms with van der Waals surface area (Å²) < 4.78 is 0. The van der Waals surface area contributed by atoms with Crippen LogP contribution in [0.3, 0.4) is 0 Å². The van der Waals surface area contributed by atoms with E-state index in [1.165, 1.54) is 18.4 Å². The zero-order valence-electron chi connectivity index (χ0n) is 14.0. The summed E-state index contributed by atoms with van der Waals surface area (Å²) in [5.74, 6) is 0.156. The van der Waals surface area contributed by atoms with Gasteiger partial charge in [0.25, 0.3) is 5.91 Å². The minimum atomic E-state index is 0.156. The second-order valence-electron chi connectivity index (χ2n) is 7.14. The lowest BCUT2D eigenvalue weighted by molar-refractivity contribution is 0.0699. The maximum Gasteiger partial charge on any atom is 0.254 e. The van der Waals surface area contributed by atoms with Gasteiger partial charge in [-0.3, -0.25) is 9.78 Å². The van der Waals surface area contributed by atoms with Crippen LogP contribution in [0.5, 0.6) is 0 Å². The van der Waals surface area contributed by atoms with Gasteiger partial charge < -0.3 is 10.2 Å². The highest BCUT2D eigenvalue weighted by Crippen LogP contribution is 2.27. The predicted octanol–water partition coefficient (Wildman–Crippen LogP) is 2.74. The van der Waals surface area contributed by atoms with Crippen LogP contribution in [0.15, 0.2) is 18.2 Å². The minimum absolute atomic E-state index is 0.156. The molecule has 2 aliphatic heterocycles. The van der Waals surface area contributed by atoms with E-state index in [0.29, 0.717) is 12.1 Å². The van der Waals surface area contributed by atoms with Crippen molar-refractivity contribution in [1.29, 1.82) is 0 Å². The molecule has 4 heteroatoms. The number of nitrogens with zero attached hydrogens (tertiary/aromatic N) is 2. The van der Waals surface area contributed by atoms with Crippen molar-refractivity contribution >= 4 is 16.8 Å². The third-order valence-electron chi connectivity index (χ3n) is 5.11. The van der Waals surface area contributed by atoms with Crippen LogP contribution in [0.1, 0.15) is 40.0 Å². The van der Waals surface area contributed by atoms with Crippen molar-refractivity contribution in [1.82, 2.24) is 15.2 Å². The molecule has 0 aliphatic carbocycles. The molecule has 0 unspecified atom stereocenters. The molecule has 2 saturated heterocycles. The Morgan fingerprint density at radius 2 is 1.83 bits per heavy atom. The maximum atomic E-state index is 13.2. The Hall–Kier alpha value is -1.94. The van der Waals surface area contributed by atoms with Crippen LogP contribution >= 0.6 is 0 Å². The van der Waals surface area contributed by atoms with Crippen molar-refractivity contribution in [2.75, 3.05) is 13.1 Å². The summed E-state index contributed by atoms with van der Waals surface area (Å²) in [6.45, 7) is 7.76. The van der Waals surface area contributed by atoms with Crippen LogP contribution in [0.4, 0.5) is 0 Å². The van der Waals surface area contributed by atoms with Crippen molar-refractivity contribution < 1.29 is 4.79 Å². The molecule has 1 amide bonds. The van der Waals surface area contributed by atoms with Crippen molar-refractivity contribution in [3.05, 3.63) is 40.6 Å². The number of carbonyl (C=O) groups excluding carboxylic acids is 1. The van der Waals surface area contributed by atoms with Gasteiger partial charge in [-0.1, -0.05) is 11.6 Å². The highest BCUT2D eigenvalue weighted by atomic mass is 16.2. The zero-order valence-corrected chi connectivity index (χ0v) is 14.0. The molecule has 1 N–H and O–H groups in total. The van der Waals surface area contributed by atoms with Crippen LogP contribution in [0.25, 0.3) is 10.9 Å². The van der Waals surface area contributed by atoms with Crippen molar-refractivity contribution in [2.45, 2.75) is 45.7 Å². The lowest BCUT2D eigenvalue weighted by Gasteiger charge is -2.33. The van der Waals surface area contributed by atoms with Gasteiger partial charge in [0.2, 0.25) is 0 Å². The Kier molecular flexibility index (Phi) is 3.38. The molecule has 3 heterocycles. The molecule has 4 rings (SSSR count). The van der Waals surface area contributed by atoms with Gasteiger partial charge in [-0.15, -0.1) is 0 Å². The van der Waals surface area contributed by atoms with Gasteiger partial charge >= 0.3 is 0 Å². The first kappa shape index (κ1) is 14.6. The highest BCUT2D eigenvalue weighted by molar-refractivity contribution is 6.07. The standard InChI is InChI=1S/C19H23N3O/c1-11-6-12(2)18-16(7-11)17(8-13(3)20-18)19(23)22-9-14-4-5-15(10-22)21-14/h6-8,14-15,21H,4-5,9-10H2,1-3H3/t14-,15+. The first-order valence-corrected chi connectivity index (χ1v) is 8.45. The third kappa shape index (κ3) is 2.51. The van der Waals surface area contributed by atoms with Gasteiger partial charge in [0.15, 0.2) is 0 Å². The number of fused-ring (bicyclic) bond motifs is 3. The van der Waals surface area contributed by atoms with Crippen LogP contribution in [-0.2, 0) is 0 Å². The van der Waals surface area contributed by atoms with Gasteiger partial charge in [0, 0.05) is 36.3 Å².